The van der Waals surface area contributed by atoms with Gasteiger partial charge in [-0.25, -0.2) is 14.4 Å². The first kappa shape index (κ1) is 63.5. The molecule has 0 bridgehead atoms. The zero-order valence-corrected chi connectivity index (χ0v) is 45.8. The van der Waals surface area contributed by atoms with E-state index in [1.54, 1.807) is 55.4 Å². The largest absolute Gasteiger partial charge is 0.465 e. The van der Waals surface area contributed by atoms with Crippen molar-refractivity contribution in [3.63, 3.8) is 0 Å². The molecule has 1 aliphatic carbocycles. The minimum absolute atomic E-state index is 0.0270. The average Bonchev–Trinajstić information content (AvgIpc) is 3.65. The predicted molar refractivity (Wildman–Crippen MR) is 280 cm³/mol. The number of nitrogens with one attached hydrogen (secondary N) is 8. The minimum atomic E-state index is -1.50. The van der Waals surface area contributed by atoms with E-state index >= 15 is 0 Å². The van der Waals surface area contributed by atoms with Gasteiger partial charge in [-0.3, -0.25) is 38.4 Å². The third-order valence-corrected chi connectivity index (χ3v) is 11.3. The van der Waals surface area contributed by atoms with Crippen molar-refractivity contribution >= 4 is 65.5 Å². The third-order valence-electron chi connectivity index (χ3n) is 11.3. The van der Waals surface area contributed by atoms with Gasteiger partial charge in [0, 0.05) is 18.9 Å². The number of fused-ring (bicyclic) bond motifs is 3. The zero-order chi connectivity index (χ0) is 57.8. The molecule has 0 aromatic heterocycles. The molecular formula is C53H77N9O15. The van der Waals surface area contributed by atoms with Crippen molar-refractivity contribution < 1.29 is 71.7 Å². The summed E-state index contributed by atoms with van der Waals surface area (Å²) in [5, 5.41) is 19.5. The highest BCUT2D eigenvalue weighted by atomic mass is 16.6. The lowest BCUT2D eigenvalue weighted by Gasteiger charge is -2.28. The van der Waals surface area contributed by atoms with E-state index in [9.17, 15) is 52.7 Å². The Morgan fingerprint density at radius 3 is 1.70 bits per heavy atom. The Bertz CT molecular complexity index is 2400. The number of alkyl carbamates (subject to hydrolysis) is 2. The van der Waals surface area contributed by atoms with Crippen molar-refractivity contribution in [2.45, 2.75) is 149 Å². The summed E-state index contributed by atoms with van der Waals surface area (Å²) in [6.45, 7) is 16.0. The number of amides is 9. The predicted octanol–water partition coefficient (Wildman–Crippen LogP) is 1.85. The molecule has 0 aliphatic heterocycles. The van der Waals surface area contributed by atoms with Crippen LogP contribution < -0.4 is 48.3 Å². The van der Waals surface area contributed by atoms with Gasteiger partial charge in [0.2, 0.25) is 41.4 Å². The molecule has 0 saturated heterocycles. The fourth-order valence-corrected chi connectivity index (χ4v) is 7.67. The normalized spacial score (nSPS) is 13.9. The third kappa shape index (κ3) is 22.5. The number of primary amides is 1. The Morgan fingerprint density at radius 2 is 1.14 bits per heavy atom. The maximum absolute atomic E-state index is 14.1. The fraction of sp³-hybridized carbons (Fsp3) is 0.566. The van der Waals surface area contributed by atoms with Crippen LogP contribution in [0.1, 0.15) is 119 Å². The summed E-state index contributed by atoms with van der Waals surface area (Å²) >= 11 is 0. The Morgan fingerprint density at radius 1 is 0.571 bits per heavy atom. The molecule has 2 aromatic carbocycles. The molecule has 0 spiro atoms. The van der Waals surface area contributed by atoms with Gasteiger partial charge in [0.05, 0.1) is 19.5 Å². The van der Waals surface area contributed by atoms with Crippen LogP contribution in [-0.2, 0) is 62.1 Å². The second-order valence-electron chi connectivity index (χ2n) is 21.2. The van der Waals surface area contributed by atoms with Gasteiger partial charge in [-0.2, -0.15) is 0 Å². The van der Waals surface area contributed by atoms with Crippen molar-refractivity contribution in [3.05, 3.63) is 59.7 Å². The monoisotopic (exact) mass is 1080 g/mol. The van der Waals surface area contributed by atoms with Gasteiger partial charge in [-0.05, 0) is 95.4 Å². The molecule has 24 nitrogen and oxygen atoms in total. The molecule has 9 amide bonds. The number of esters is 2. The Labute approximate surface area is 448 Å². The highest BCUT2D eigenvalue weighted by molar-refractivity contribution is 5.95. The smallest absolute Gasteiger partial charge is 0.408 e. The second-order valence-corrected chi connectivity index (χ2v) is 21.2. The van der Waals surface area contributed by atoms with E-state index in [-0.39, 0.29) is 31.3 Å². The van der Waals surface area contributed by atoms with E-state index in [4.69, 9.17) is 24.7 Å². The number of carbonyl (C=O) groups is 11. The van der Waals surface area contributed by atoms with Crippen molar-refractivity contribution in [2.24, 2.45) is 17.6 Å². The molecule has 77 heavy (non-hydrogen) atoms. The fourth-order valence-electron chi connectivity index (χ4n) is 7.67. The first-order valence-electron chi connectivity index (χ1n) is 25.4. The van der Waals surface area contributed by atoms with Gasteiger partial charge in [0.25, 0.3) is 0 Å². The van der Waals surface area contributed by atoms with Crippen molar-refractivity contribution in [3.8, 4) is 11.1 Å². The van der Waals surface area contributed by atoms with E-state index in [0.717, 1.165) is 22.3 Å². The lowest BCUT2D eigenvalue weighted by Crippen LogP contribution is -2.57. The maximum Gasteiger partial charge on any atom is 0.408 e. The van der Waals surface area contributed by atoms with Gasteiger partial charge < -0.3 is 67.2 Å². The topological polar surface area (TPSA) is 347 Å². The highest BCUT2D eigenvalue weighted by Crippen LogP contribution is 2.44. The van der Waals surface area contributed by atoms with Crippen LogP contribution in [-0.4, -0.2) is 140 Å². The molecule has 10 N–H and O–H groups in total. The van der Waals surface area contributed by atoms with E-state index in [0.29, 0.717) is 0 Å². The molecule has 1 aliphatic rings. The Kier molecular flexibility index (Phi) is 24.3. The summed E-state index contributed by atoms with van der Waals surface area (Å²) in [7, 11) is 0. The molecule has 0 fully saturated rings. The van der Waals surface area contributed by atoms with Crippen LogP contribution in [0.4, 0.5) is 9.59 Å². The lowest BCUT2D eigenvalue weighted by atomic mass is 9.98. The molecule has 0 radical (unpaired) electrons. The van der Waals surface area contributed by atoms with Crippen molar-refractivity contribution in [1.29, 1.82) is 0 Å². The Hall–Kier alpha value is -7.79. The number of hydrogen-bond donors (Lipinski definition) is 9. The van der Waals surface area contributed by atoms with Crippen molar-refractivity contribution in [2.75, 3.05) is 32.8 Å². The van der Waals surface area contributed by atoms with Gasteiger partial charge in [0.15, 0.2) is 0 Å². The summed E-state index contributed by atoms with van der Waals surface area (Å²) in [5.41, 5.74) is 7.15. The van der Waals surface area contributed by atoms with Crippen LogP contribution in [0, 0.1) is 11.8 Å². The van der Waals surface area contributed by atoms with Crippen LogP contribution in [0.5, 0.6) is 0 Å². The summed E-state index contributed by atoms with van der Waals surface area (Å²) < 4.78 is 21.8. The van der Waals surface area contributed by atoms with Gasteiger partial charge in [-0.15, -0.1) is 0 Å². The molecule has 3 rings (SSSR count). The summed E-state index contributed by atoms with van der Waals surface area (Å²) in [6.07, 6.45) is -3.00. The molecule has 0 heterocycles. The molecule has 424 valence electrons. The number of ether oxygens (including phenoxy) is 4. The van der Waals surface area contributed by atoms with Gasteiger partial charge in [-0.1, -0.05) is 76.2 Å². The van der Waals surface area contributed by atoms with Crippen LogP contribution >= 0.6 is 0 Å². The van der Waals surface area contributed by atoms with E-state index < -0.39 is 152 Å². The Balaban J connectivity index is 1.68. The lowest BCUT2D eigenvalue weighted by molar-refractivity contribution is -0.159. The van der Waals surface area contributed by atoms with Gasteiger partial charge >= 0.3 is 24.1 Å². The molecule has 5 atom stereocenters. The zero-order valence-electron chi connectivity index (χ0n) is 45.8. The summed E-state index contributed by atoms with van der Waals surface area (Å²) in [6, 6.07) is 9.04. The SMILES string of the molecule is CC(C)C[C@H](NC(=O)[C@H](CCC(=O)OCCC(=O)NC[C@H](NC(=O)OC(C)(C)C)C(=O)N[C@@H](C)C(=O)NCC(=O)NCC(N)=O)NC(=O)[C@@H](NC(=O)OCC1c2ccccc2-c2ccccc21)C(C)C)C(=O)OC(C)(C)C. The molecule has 0 unspecified atom stereocenters. The minimum Gasteiger partial charge on any atom is -0.465 e. The quantitative estimate of drug-likeness (QED) is 0.0456. The standard InChI is InChI=1S/C53H77N9O15/c1-29(2)24-38(49(71)76-52(6,7)8)60-46(68)37(59-48(70)44(30(3)4)62-50(72)75-28-36-34-18-14-12-16-32(34)33-17-13-15-19-35(33)36)20-21-43(66)74-23-22-41(64)55-25-39(61-51(73)77-53(9,10)11)47(69)58-31(5)45(67)57-27-42(65)56-26-40(54)63/h12-19,29-31,36-39,44H,20-28H2,1-11H3,(H2,54,63)(H,55,64)(H,56,65)(H,57,67)(H,58,69)(H,59,70)(H,60,68)(H,61,73)(H,62,72)/t31-,37-,38-,39-,44-/m0/s1. The number of rotatable bonds is 27. The van der Waals surface area contributed by atoms with Crippen molar-refractivity contribution in [1.82, 2.24) is 42.5 Å². The first-order valence-corrected chi connectivity index (χ1v) is 25.4. The molecule has 2 aromatic rings. The average molecular weight is 1080 g/mol. The molecule has 0 saturated carbocycles. The summed E-state index contributed by atoms with van der Waals surface area (Å²) in [5.74, 6) is -8.07. The van der Waals surface area contributed by atoms with E-state index in [1.807, 2.05) is 62.4 Å². The first-order chi connectivity index (χ1) is 35.9. The van der Waals surface area contributed by atoms with Crippen LogP contribution in [0.15, 0.2) is 48.5 Å². The van der Waals surface area contributed by atoms with Gasteiger partial charge in [0.1, 0.15) is 54.6 Å². The molecule has 24 heteroatoms. The number of hydrogen-bond acceptors (Lipinski definition) is 15. The number of nitrogens with two attached hydrogens (primary N) is 1. The van der Waals surface area contributed by atoms with E-state index in [2.05, 4.69) is 42.5 Å². The number of benzene rings is 2. The van der Waals surface area contributed by atoms with Crippen LogP contribution in [0.25, 0.3) is 11.1 Å². The van der Waals surface area contributed by atoms with Crippen LogP contribution in [0.3, 0.4) is 0 Å². The van der Waals surface area contributed by atoms with Crippen LogP contribution in [0.2, 0.25) is 0 Å². The number of carbonyl (C=O) groups excluding carboxylic acids is 11. The van der Waals surface area contributed by atoms with E-state index in [1.165, 1.54) is 6.92 Å². The summed E-state index contributed by atoms with van der Waals surface area (Å²) in [4.78, 5) is 142. The second kappa shape index (κ2) is 29.5. The maximum atomic E-state index is 14.1. The molecular weight excluding hydrogens is 1000 g/mol. The highest BCUT2D eigenvalue weighted by Gasteiger charge is 2.35.